The van der Waals surface area contributed by atoms with Crippen molar-refractivity contribution in [2.75, 3.05) is 13.6 Å². The monoisotopic (exact) mass is 259 g/mol. The van der Waals surface area contributed by atoms with Gasteiger partial charge in [0.05, 0.1) is 19.0 Å². The Morgan fingerprint density at radius 2 is 2.21 bits per heavy atom. The topological polar surface area (TPSA) is 53.0 Å². The molecule has 4 heteroatoms. The number of nitrogens with two attached hydrogens (primary N) is 1. The van der Waals surface area contributed by atoms with E-state index < -0.39 is 0 Å². The van der Waals surface area contributed by atoms with Crippen LogP contribution in [0.15, 0.2) is 18.2 Å². The van der Waals surface area contributed by atoms with Crippen molar-refractivity contribution in [2.24, 2.45) is 5.73 Å². The third-order valence-electron chi connectivity index (χ3n) is 2.95. The first-order valence-electron chi connectivity index (χ1n) is 6.13. The summed E-state index contributed by atoms with van der Waals surface area (Å²) in [5, 5.41) is 8.65. The average molecular weight is 259 g/mol. The van der Waals surface area contributed by atoms with Crippen LogP contribution in [0.25, 0.3) is 0 Å². The van der Waals surface area contributed by atoms with E-state index in [0.29, 0.717) is 24.1 Å². The normalized spacial score (nSPS) is 11.6. The number of nitrogens with zero attached hydrogens (tertiary/aromatic N) is 2. The molecule has 19 heavy (non-hydrogen) atoms. The lowest BCUT2D eigenvalue weighted by atomic mass is 10.1. The van der Waals surface area contributed by atoms with E-state index >= 15 is 0 Å². The molecule has 0 spiro atoms. The zero-order valence-electron chi connectivity index (χ0n) is 11.3. The minimum Gasteiger partial charge on any atom is -0.320 e. The molecule has 0 amide bonds. The van der Waals surface area contributed by atoms with E-state index in [4.69, 9.17) is 11.0 Å². The molecule has 1 atom stereocenters. The molecule has 0 aromatic heterocycles. The molecule has 0 fully saturated rings. The fraction of sp³-hybridized carbons (Fsp3) is 0.400. The Morgan fingerprint density at radius 1 is 1.47 bits per heavy atom. The Morgan fingerprint density at radius 3 is 2.79 bits per heavy atom. The summed E-state index contributed by atoms with van der Waals surface area (Å²) >= 11 is 0. The predicted molar refractivity (Wildman–Crippen MR) is 73.5 cm³/mol. The van der Waals surface area contributed by atoms with Gasteiger partial charge in [-0.2, -0.15) is 5.26 Å². The molecular formula is C15H18FN3. The molecule has 0 saturated carbocycles. The second-order valence-corrected chi connectivity index (χ2v) is 4.44. The molecule has 0 saturated heterocycles. The first kappa shape index (κ1) is 15.2. The van der Waals surface area contributed by atoms with Gasteiger partial charge in [0.25, 0.3) is 0 Å². The lowest BCUT2D eigenvalue weighted by Crippen LogP contribution is -2.28. The van der Waals surface area contributed by atoms with Gasteiger partial charge in [-0.3, -0.25) is 4.90 Å². The number of hydrogen-bond acceptors (Lipinski definition) is 3. The maximum atomic E-state index is 13.9. The van der Waals surface area contributed by atoms with Crippen LogP contribution in [-0.4, -0.2) is 24.5 Å². The standard InChI is InChI=1S/C15H18FN3/c1-12(7-9-18)19(2)11-14-6-5-13(4-3-8-17)10-15(14)16/h5-6,10,12H,7-8,11,17H2,1-2H3. The molecular weight excluding hydrogens is 241 g/mol. The summed E-state index contributed by atoms with van der Waals surface area (Å²) in [6.45, 7) is 2.68. The van der Waals surface area contributed by atoms with Crippen molar-refractivity contribution in [1.29, 1.82) is 5.26 Å². The maximum absolute atomic E-state index is 13.9. The SMILES string of the molecule is CC(CC#N)N(C)Cc1ccc(C#CCN)cc1F. The van der Waals surface area contributed by atoms with Gasteiger partial charge in [0.2, 0.25) is 0 Å². The molecule has 1 aromatic carbocycles. The van der Waals surface area contributed by atoms with Gasteiger partial charge in [0, 0.05) is 23.7 Å². The van der Waals surface area contributed by atoms with Gasteiger partial charge < -0.3 is 5.73 Å². The molecule has 0 bridgehead atoms. The fourth-order valence-corrected chi connectivity index (χ4v) is 1.62. The molecule has 100 valence electrons. The molecule has 2 N–H and O–H groups in total. The highest BCUT2D eigenvalue weighted by Gasteiger charge is 2.11. The summed E-state index contributed by atoms with van der Waals surface area (Å²) in [6.07, 6.45) is 0.429. The van der Waals surface area contributed by atoms with Gasteiger partial charge in [-0.15, -0.1) is 0 Å². The first-order valence-corrected chi connectivity index (χ1v) is 6.13. The summed E-state index contributed by atoms with van der Waals surface area (Å²) in [7, 11) is 1.88. The number of halogens is 1. The van der Waals surface area contributed by atoms with E-state index in [0.717, 1.165) is 0 Å². The number of benzene rings is 1. The zero-order chi connectivity index (χ0) is 14.3. The van der Waals surface area contributed by atoms with Crippen molar-refractivity contribution in [3.05, 3.63) is 35.1 Å². The van der Waals surface area contributed by atoms with Crippen LogP contribution in [0.5, 0.6) is 0 Å². The molecule has 0 radical (unpaired) electrons. The Labute approximate surface area is 113 Å². The van der Waals surface area contributed by atoms with Crippen LogP contribution >= 0.6 is 0 Å². The fourth-order valence-electron chi connectivity index (χ4n) is 1.62. The van der Waals surface area contributed by atoms with Crippen LogP contribution in [0.3, 0.4) is 0 Å². The van der Waals surface area contributed by atoms with Crippen molar-refractivity contribution in [1.82, 2.24) is 4.90 Å². The third kappa shape index (κ3) is 4.71. The summed E-state index contributed by atoms with van der Waals surface area (Å²) in [4.78, 5) is 1.95. The van der Waals surface area contributed by atoms with Crippen molar-refractivity contribution >= 4 is 0 Å². The lowest BCUT2D eigenvalue weighted by molar-refractivity contribution is 0.249. The summed E-state index contributed by atoms with van der Waals surface area (Å²) in [6, 6.07) is 7.14. The molecule has 1 unspecified atom stereocenters. The van der Waals surface area contributed by atoms with Crippen LogP contribution < -0.4 is 5.73 Å². The van der Waals surface area contributed by atoms with Gasteiger partial charge in [0.15, 0.2) is 0 Å². The van der Waals surface area contributed by atoms with Crippen LogP contribution in [0.2, 0.25) is 0 Å². The molecule has 0 aliphatic rings. The minimum absolute atomic E-state index is 0.0982. The second-order valence-electron chi connectivity index (χ2n) is 4.44. The van der Waals surface area contributed by atoms with E-state index in [-0.39, 0.29) is 18.4 Å². The number of hydrogen-bond donors (Lipinski definition) is 1. The van der Waals surface area contributed by atoms with Gasteiger partial charge in [-0.25, -0.2) is 4.39 Å². The smallest absolute Gasteiger partial charge is 0.128 e. The van der Waals surface area contributed by atoms with Crippen molar-refractivity contribution in [2.45, 2.75) is 25.9 Å². The molecule has 1 rings (SSSR count). The van der Waals surface area contributed by atoms with Crippen LogP contribution in [0, 0.1) is 29.0 Å². The van der Waals surface area contributed by atoms with Crippen LogP contribution in [0.4, 0.5) is 4.39 Å². The molecule has 0 aliphatic heterocycles. The van der Waals surface area contributed by atoms with Crippen molar-refractivity contribution in [3.63, 3.8) is 0 Å². The number of rotatable bonds is 4. The van der Waals surface area contributed by atoms with E-state index in [1.165, 1.54) is 6.07 Å². The Kier molecular flexibility index (Phi) is 6.02. The van der Waals surface area contributed by atoms with E-state index in [1.54, 1.807) is 12.1 Å². The Bertz CT molecular complexity index is 522. The quantitative estimate of drug-likeness (QED) is 0.840. The molecule has 0 aliphatic carbocycles. The summed E-state index contributed by atoms with van der Waals surface area (Å²) in [5.41, 5.74) is 6.50. The molecule has 0 heterocycles. The highest BCUT2D eigenvalue weighted by atomic mass is 19.1. The molecule has 3 nitrogen and oxygen atoms in total. The largest absolute Gasteiger partial charge is 0.320 e. The third-order valence-corrected chi connectivity index (χ3v) is 2.95. The van der Waals surface area contributed by atoms with Gasteiger partial charge in [-0.1, -0.05) is 17.9 Å². The zero-order valence-corrected chi connectivity index (χ0v) is 11.3. The van der Waals surface area contributed by atoms with Gasteiger partial charge in [-0.05, 0) is 26.1 Å². The van der Waals surface area contributed by atoms with Crippen LogP contribution in [-0.2, 0) is 6.54 Å². The molecule has 1 aromatic rings. The van der Waals surface area contributed by atoms with E-state index in [2.05, 4.69) is 17.9 Å². The van der Waals surface area contributed by atoms with Crippen LogP contribution in [0.1, 0.15) is 24.5 Å². The summed E-state index contributed by atoms with van der Waals surface area (Å²) in [5.74, 6) is 5.21. The lowest BCUT2D eigenvalue weighted by Gasteiger charge is -2.22. The Hall–Kier alpha value is -1.88. The predicted octanol–water partition coefficient (Wildman–Crippen LogP) is 1.87. The average Bonchev–Trinajstić information content (AvgIpc) is 2.39. The highest BCUT2D eigenvalue weighted by Crippen LogP contribution is 2.14. The van der Waals surface area contributed by atoms with Gasteiger partial charge >= 0.3 is 0 Å². The van der Waals surface area contributed by atoms with E-state index in [9.17, 15) is 4.39 Å². The second kappa shape index (κ2) is 7.53. The highest BCUT2D eigenvalue weighted by molar-refractivity contribution is 5.37. The van der Waals surface area contributed by atoms with E-state index in [1.807, 2.05) is 18.9 Å². The van der Waals surface area contributed by atoms with Crippen molar-refractivity contribution < 1.29 is 4.39 Å². The maximum Gasteiger partial charge on any atom is 0.128 e. The summed E-state index contributed by atoms with van der Waals surface area (Å²) < 4.78 is 13.9. The van der Waals surface area contributed by atoms with Crippen molar-refractivity contribution in [3.8, 4) is 17.9 Å². The minimum atomic E-state index is -0.278. The van der Waals surface area contributed by atoms with Gasteiger partial charge in [0.1, 0.15) is 5.82 Å². The Balaban J connectivity index is 2.78. The first-order chi connectivity index (χ1) is 9.08. The number of nitriles is 1.